The molecule has 2 aromatic rings. The zero-order valence-electron chi connectivity index (χ0n) is 24.0. The molecule has 0 radical (unpaired) electrons. The number of ether oxygens (including phenoxy) is 2. The van der Waals surface area contributed by atoms with Gasteiger partial charge in [0.15, 0.2) is 0 Å². The lowest BCUT2D eigenvalue weighted by Gasteiger charge is -2.26. The zero-order valence-corrected chi connectivity index (χ0v) is 24.0. The van der Waals surface area contributed by atoms with Gasteiger partial charge in [-0.2, -0.15) is 18.2 Å². The summed E-state index contributed by atoms with van der Waals surface area (Å²) in [5, 5.41) is 15.5. The van der Waals surface area contributed by atoms with Gasteiger partial charge in [0.25, 0.3) is 0 Å². The number of alkyl carbamates (subject to hydrolysis) is 1. The maximum atomic E-state index is 13.9. The average Bonchev–Trinajstić information content (AvgIpc) is 3.56. The number of benzene rings is 1. The number of nitrogens with zero attached hydrogens (tertiary/aromatic N) is 4. The van der Waals surface area contributed by atoms with Crippen LogP contribution in [-0.2, 0) is 10.9 Å². The lowest BCUT2D eigenvalue weighted by atomic mass is 10.1. The molecule has 1 atom stereocenters. The van der Waals surface area contributed by atoms with Crippen molar-refractivity contribution in [2.45, 2.75) is 84.0 Å². The number of alkyl halides is 3. The van der Waals surface area contributed by atoms with Gasteiger partial charge in [0, 0.05) is 12.1 Å². The summed E-state index contributed by atoms with van der Waals surface area (Å²) in [4.78, 5) is 32.9. The molecule has 0 unspecified atom stereocenters. The van der Waals surface area contributed by atoms with Crippen LogP contribution in [0.25, 0.3) is 11.4 Å². The Morgan fingerprint density at radius 2 is 1.98 bits per heavy atom. The molecule has 1 saturated heterocycles. The van der Waals surface area contributed by atoms with E-state index in [0.717, 1.165) is 25.3 Å². The number of aliphatic imine (C=N–C) groups is 1. The van der Waals surface area contributed by atoms with Crippen molar-refractivity contribution >= 4 is 18.1 Å². The molecule has 11 nitrogen and oxygen atoms in total. The van der Waals surface area contributed by atoms with Gasteiger partial charge in [0.1, 0.15) is 17.4 Å². The molecule has 1 aromatic heterocycles. The number of likely N-dealkylation sites (tertiary alicyclic amines) is 1. The highest BCUT2D eigenvalue weighted by Crippen LogP contribution is 2.39. The highest BCUT2D eigenvalue weighted by molar-refractivity contribution is 5.98. The van der Waals surface area contributed by atoms with E-state index in [9.17, 15) is 27.9 Å². The van der Waals surface area contributed by atoms with Crippen molar-refractivity contribution < 1.29 is 41.9 Å². The van der Waals surface area contributed by atoms with E-state index in [4.69, 9.17) is 14.0 Å². The second kappa shape index (κ2) is 14.2. The van der Waals surface area contributed by atoms with Crippen LogP contribution in [0.4, 0.5) is 22.8 Å². The highest BCUT2D eigenvalue weighted by atomic mass is 19.4. The molecule has 2 N–H and O–H groups in total. The van der Waals surface area contributed by atoms with Crippen molar-refractivity contribution in [3.05, 3.63) is 41.8 Å². The Hall–Kier alpha value is -4.10. The van der Waals surface area contributed by atoms with Gasteiger partial charge in [-0.15, -0.1) is 4.99 Å². The number of rotatable bonds is 9. The van der Waals surface area contributed by atoms with Crippen molar-refractivity contribution in [3.63, 3.8) is 0 Å². The first kappa shape index (κ1) is 32.4. The monoisotopic (exact) mass is 595 g/mol. The van der Waals surface area contributed by atoms with E-state index >= 15 is 0 Å². The molecule has 1 aromatic carbocycles. The van der Waals surface area contributed by atoms with Crippen LogP contribution in [0.5, 0.6) is 5.75 Å². The largest absolute Gasteiger partial charge is 0.493 e. The van der Waals surface area contributed by atoms with Gasteiger partial charge in [0.05, 0.1) is 12.2 Å². The lowest BCUT2D eigenvalue weighted by molar-refractivity contribution is -0.138. The lowest BCUT2D eigenvalue weighted by Crippen LogP contribution is -2.46. The summed E-state index contributed by atoms with van der Waals surface area (Å²) in [7, 11) is 0. The summed E-state index contributed by atoms with van der Waals surface area (Å²) in [5.74, 6) is -0.665. The van der Waals surface area contributed by atoms with Gasteiger partial charge in [0.2, 0.25) is 17.7 Å². The van der Waals surface area contributed by atoms with Gasteiger partial charge in [-0.25, -0.2) is 9.59 Å². The number of hydrogen-bond donors (Lipinski definition) is 2. The van der Waals surface area contributed by atoms with Crippen molar-refractivity contribution in [1.29, 1.82) is 0 Å². The molecule has 14 heteroatoms. The van der Waals surface area contributed by atoms with Crippen molar-refractivity contribution in [2.24, 2.45) is 4.99 Å². The molecule has 230 valence electrons. The Morgan fingerprint density at radius 3 is 2.64 bits per heavy atom. The molecule has 1 aliphatic heterocycles. The third-order valence-corrected chi connectivity index (χ3v) is 6.04. The van der Waals surface area contributed by atoms with Crippen LogP contribution in [0.15, 0.2) is 39.9 Å². The van der Waals surface area contributed by atoms with E-state index in [1.54, 1.807) is 20.8 Å². The maximum absolute atomic E-state index is 13.9. The summed E-state index contributed by atoms with van der Waals surface area (Å²) in [6.07, 6.45) is 1.24. The van der Waals surface area contributed by atoms with E-state index in [0.29, 0.717) is 25.8 Å². The number of carboxylic acid groups (broad SMARTS) is 1. The Morgan fingerprint density at radius 1 is 1.24 bits per heavy atom. The number of guanidine groups is 1. The second-order valence-corrected chi connectivity index (χ2v) is 10.6. The number of halogens is 3. The Bertz CT molecular complexity index is 1290. The molecule has 42 heavy (non-hydrogen) atoms. The van der Waals surface area contributed by atoms with Crippen LogP contribution in [0, 0.1) is 0 Å². The van der Waals surface area contributed by atoms with Crippen LogP contribution >= 0.6 is 0 Å². The van der Waals surface area contributed by atoms with E-state index in [1.807, 2.05) is 12.2 Å². The van der Waals surface area contributed by atoms with Gasteiger partial charge in [-0.3, -0.25) is 5.32 Å². The zero-order chi connectivity index (χ0) is 30.9. The molecular formula is C28H36F3N5O6. The van der Waals surface area contributed by atoms with E-state index in [1.165, 1.54) is 17.0 Å². The number of carbonyl (C=O) groups is 2. The fraction of sp³-hybridized carbons (Fsp3) is 0.536. The van der Waals surface area contributed by atoms with Crippen LogP contribution in [0.2, 0.25) is 0 Å². The average molecular weight is 596 g/mol. The number of nitrogens with one attached hydrogen (secondary N) is 1. The standard InChI is InChI=1S/C28H36F3N5O6/c1-5-6-7-8-9-10-16-40-21-14-13-18(17-19(21)28(29,30)31)22-32-23(42-35-22)20-12-11-15-36(20)24(33-25(37)38)34-26(39)41-27(2,3)4/h8-9,13-14,17,20H,5-7,10-12,15-16H2,1-4H3,(H,37,38)(H,33,34,39)/b9-8+/t20-/m0/s1. The number of amides is 2. The van der Waals surface area contributed by atoms with E-state index < -0.39 is 35.6 Å². The molecule has 2 amide bonds. The van der Waals surface area contributed by atoms with Gasteiger partial charge in [-0.05, 0) is 64.7 Å². The molecule has 0 aliphatic carbocycles. The summed E-state index contributed by atoms with van der Waals surface area (Å²) in [5.41, 5.74) is -1.76. The van der Waals surface area contributed by atoms with Gasteiger partial charge >= 0.3 is 18.4 Å². The maximum Gasteiger partial charge on any atom is 0.434 e. The number of aromatic nitrogens is 2. The summed E-state index contributed by atoms with van der Waals surface area (Å²) >= 11 is 0. The summed E-state index contributed by atoms with van der Waals surface area (Å²) < 4.78 is 57.7. The molecule has 0 spiro atoms. The molecule has 2 heterocycles. The third-order valence-electron chi connectivity index (χ3n) is 6.04. The normalized spacial score (nSPS) is 16.2. The second-order valence-electron chi connectivity index (χ2n) is 10.6. The minimum Gasteiger partial charge on any atom is -0.493 e. The predicted molar refractivity (Wildman–Crippen MR) is 147 cm³/mol. The molecule has 0 saturated carbocycles. The smallest absolute Gasteiger partial charge is 0.434 e. The minimum absolute atomic E-state index is 0.0234. The van der Waals surface area contributed by atoms with Crippen LogP contribution < -0.4 is 10.1 Å². The van der Waals surface area contributed by atoms with Crippen molar-refractivity contribution in [2.75, 3.05) is 13.2 Å². The first-order valence-electron chi connectivity index (χ1n) is 13.7. The quantitative estimate of drug-likeness (QED) is 0.136. The van der Waals surface area contributed by atoms with Crippen LogP contribution in [0.3, 0.4) is 0 Å². The number of hydrogen-bond acceptors (Lipinski definition) is 7. The predicted octanol–water partition coefficient (Wildman–Crippen LogP) is 6.97. The van der Waals surface area contributed by atoms with Crippen LogP contribution in [0.1, 0.15) is 83.7 Å². The fourth-order valence-corrected chi connectivity index (χ4v) is 4.23. The third kappa shape index (κ3) is 9.48. The van der Waals surface area contributed by atoms with Gasteiger partial charge < -0.3 is 24.0 Å². The Labute approximate surface area is 241 Å². The van der Waals surface area contributed by atoms with Crippen molar-refractivity contribution in [1.82, 2.24) is 20.4 Å². The van der Waals surface area contributed by atoms with Crippen molar-refractivity contribution in [3.8, 4) is 17.1 Å². The van der Waals surface area contributed by atoms with E-state index in [-0.39, 0.29) is 35.6 Å². The number of unbranched alkanes of at least 4 members (excludes halogenated alkanes) is 2. The van der Waals surface area contributed by atoms with Gasteiger partial charge in [-0.1, -0.05) is 37.1 Å². The molecule has 1 fully saturated rings. The highest BCUT2D eigenvalue weighted by Gasteiger charge is 2.37. The molecular weight excluding hydrogens is 559 g/mol. The summed E-state index contributed by atoms with van der Waals surface area (Å²) in [6.45, 7) is 7.41. The molecule has 1 aliphatic rings. The minimum atomic E-state index is -4.69. The SMILES string of the molecule is CCCC/C=C/CCOc1ccc(-c2noc([C@@H]3CCCN3C(=NC(=O)O)NC(=O)OC(C)(C)C)n2)cc1C(F)(F)F. The molecule has 0 bridgehead atoms. The first-order chi connectivity index (χ1) is 19.8. The number of allylic oxidation sites excluding steroid dienone is 1. The number of carbonyl (C=O) groups excluding carboxylic acids is 1. The fourth-order valence-electron chi connectivity index (χ4n) is 4.23. The first-order valence-corrected chi connectivity index (χ1v) is 13.7. The Kier molecular flexibility index (Phi) is 10.9. The Balaban J connectivity index is 1.79. The molecule has 3 rings (SSSR count). The summed E-state index contributed by atoms with van der Waals surface area (Å²) in [6, 6.07) is 2.84. The van der Waals surface area contributed by atoms with E-state index in [2.05, 4.69) is 27.4 Å². The topological polar surface area (TPSA) is 139 Å². The van der Waals surface area contributed by atoms with Crippen LogP contribution in [-0.4, -0.2) is 57.0 Å².